The van der Waals surface area contributed by atoms with E-state index in [1.54, 1.807) is 43.3 Å². The molecule has 0 aliphatic carbocycles. The Balaban J connectivity index is 0.790. The van der Waals surface area contributed by atoms with Gasteiger partial charge in [-0.1, -0.05) is 17.7 Å². The molecule has 0 spiro atoms. The van der Waals surface area contributed by atoms with Crippen LogP contribution in [0.2, 0.25) is 5.02 Å². The van der Waals surface area contributed by atoms with E-state index in [9.17, 15) is 19.4 Å². The molecule has 0 saturated carbocycles. The summed E-state index contributed by atoms with van der Waals surface area (Å²) in [6.45, 7) is 13.6. The molecule has 1 amide bonds. The molecule has 5 aromatic rings. The molecule has 18 heteroatoms. The number of aliphatic hydroxyl groups is 2. The number of imidazole rings is 1. The van der Waals surface area contributed by atoms with Gasteiger partial charge >= 0.3 is 0 Å². The van der Waals surface area contributed by atoms with Gasteiger partial charge in [0.2, 0.25) is 11.9 Å². The third-order valence-corrected chi connectivity index (χ3v) is 12.5. The number of rotatable bonds is 13. The number of aliphatic hydroxyl groups excluding tert-OH is 1. The predicted molar refractivity (Wildman–Crippen MR) is 241 cm³/mol. The zero-order valence-electron chi connectivity index (χ0n) is 36.3. The van der Waals surface area contributed by atoms with Gasteiger partial charge in [-0.3, -0.25) is 9.69 Å². The second-order valence-corrected chi connectivity index (χ2v) is 18.1. The first-order chi connectivity index (χ1) is 30.2. The van der Waals surface area contributed by atoms with Gasteiger partial charge in [0, 0.05) is 88.2 Å². The molecule has 63 heavy (non-hydrogen) atoms. The van der Waals surface area contributed by atoms with Crippen LogP contribution in [-0.4, -0.2) is 132 Å². The van der Waals surface area contributed by atoms with E-state index in [4.69, 9.17) is 11.6 Å². The fourth-order valence-electron chi connectivity index (χ4n) is 9.00. The SMILES string of the molecule is CC(C)n1c(C(C)(C)O)nc2c(F)cc(-c3nc(N[C@@H]4CCN(C(=O)CCCN5CCN(c6cc(N[C@@H]7CCCN(c8cccc(F)c8)C7)ncn6)CC5)C[C@H]4O)ncc3Cl)cc21. The Labute approximate surface area is 371 Å². The molecular formula is C45H57ClF2N12O3. The highest BCUT2D eigenvalue weighted by atomic mass is 35.5. The lowest BCUT2D eigenvalue weighted by Gasteiger charge is -2.37. The van der Waals surface area contributed by atoms with E-state index in [0.717, 1.165) is 76.0 Å². The Morgan fingerprint density at radius 3 is 2.51 bits per heavy atom. The molecule has 3 aromatic heterocycles. The normalized spacial score (nSPS) is 20.2. The summed E-state index contributed by atoms with van der Waals surface area (Å²) in [5, 5.41) is 28.9. The molecule has 8 rings (SSSR count). The first-order valence-corrected chi connectivity index (χ1v) is 22.3. The lowest BCUT2D eigenvalue weighted by atomic mass is 10.0. The van der Waals surface area contributed by atoms with Crippen LogP contribution in [-0.2, 0) is 10.4 Å². The van der Waals surface area contributed by atoms with Gasteiger partial charge < -0.3 is 40.1 Å². The van der Waals surface area contributed by atoms with Crippen molar-refractivity contribution in [1.29, 1.82) is 0 Å². The molecule has 2 aromatic carbocycles. The molecule has 3 atom stereocenters. The Hall–Kier alpha value is -5.23. The van der Waals surface area contributed by atoms with Crippen molar-refractivity contribution in [3.63, 3.8) is 0 Å². The number of piperazine rings is 1. The topological polar surface area (TPSA) is 164 Å². The fourth-order valence-corrected chi connectivity index (χ4v) is 9.20. The number of benzene rings is 2. The van der Waals surface area contributed by atoms with Gasteiger partial charge in [-0.05, 0) is 90.3 Å². The Morgan fingerprint density at radius 2 is 1.76 bits per heavy atom. The number of anilines is 4. The van der Waals surface area contributed by atoms with Crippen molar-refractivity contribution in [1.82, 2.24) is 39.3 Å². The van der Waals surface area contributed by atoms with Crippen molar-refractivity contribution in [2.24, 2.45) is 0 Å². The minimum atomic E-state index is -1.29. The van der Waals surface area contributed by atoms with Gasteiger partial charge in [0.15, 0.2) is 5.82 Å². The van der Waals surface area contributed by atoms with Crippen LogP contribution < -0.4 is 20.4 Å². The number of fused-ring (bicyclic) bond motifs is 1. The highest BCUT2D eigenvalue weighted by molar-refractivity contribution is 6.33. The zero-order valence-corrected chi connectivity index (χ0v) is 37.1. The van der Waals surface area contributed by atoms with Crippen LogP contribution in [0.4, 0.5) is 32.1 Å². The van der Waals surface area contributed by atoms with Gasteiger partial charge in [-0.2, -0.15) is 0 Å². The summed E-state index contributed by atoms with van der Waals surface area (Å²) in [6, 6.07) is 11.5. The quantitative estimate of drug-likeness (QED) is 0.108. The van der Waals surface area contributed by atoms with Crippen molar-refractivity contribution in [2.75, 3.05) is 79.3 Å². The number of carbonyl (C=O) groups is 1. The number of piperidine rings is 2. The van der Waals surface area contributed by atoms with Gasteiger partial charge in [0.25, 0.3) is 0 Å². The van der Waals surface area contributed by atoms with Gasteiger partial charge in [0.1, 0.15) is 40.7 Å². The minimum absolute atomic E-state index is 0.0139. The number of hydrogen-bond donors (Lipinski definition) is 4. The number of nitrogens with zero attached hydrogens (tertiary/aromatic N) is 10. The van der Waals surface area contributed by atoms with Gasteiger partial charge in [0.05, 0.1) is 34.6 Å². The molecule has 15 nitrogen and oxygen atoms in total. The summed E-state index contributed by atoms with van der Waals surface area (Å²) in [6.07, 6.45) is 5.79. The second kappa shape index (κ2) is 18.9. The van der Waals surface area contributed by atoms with Crippen LogP contribution in [0.5, 0.6) is 0 Å². The van der Waals surface area contributed by atoms with Crippen LogP contribution in [0, 0.1) is 11.6 Å². The summed E-state index contributed by atoms with van der Waals surface area (Å²) in [7, 11) is 0. The zero-order chi connectivity index (χ0) is 44.4. The number of β-amino-alcohol motifs (C(OH)–C–C–N with tert-alkyl or cyclic N) is 1. The smallest absolute Gasteiger partial charge is 0.223 e. The fraction of sp³-hybridized carbons (Fsp3) is 0.511. The Morgan fingerprint density at radius 1 is 0.952 bits per heavy atom. The van der Waals surface area contributed by atoms with E-state index in [0.29, 0.717) is 48.4 Å². The van der Waals surface area contributed by atoms with Crippen LogP contribution >= 0.6 is 11.6 Å². The van der Waals surface area contributed by atoms with Crippen molar-refractivity contribution in [3.05, 3.63) is 77.5 Å². The van der Waals surface area contributed by atoms with Gasteiger partial charge in [-0.15, -0.1) is 0 Å². The molecule has 4 N–H and O–H groups in total. The Kier molecular flexibility index (Phi) is 13.3. The van der Waals surface area contributed by atoms with E-state index in [1.807, 2.05) is 30.5 Å². The van der Waals surface area contributed by atoms with E-state index in [1.165, 1.54) is 18.3 Å². The number of hydrogen-bond acceptors (Lipinski definition) is 13. The second-order valence-electron chi connectivity index (χ2n) is 17.7. The highest BCUT2D eigenvalue weighted by Gasteiger charge is 2.32. The van der Waals surface area contributed by atoms with Crippen LogP contribution in [0.3, 0.4) is 0 Å². The molecule has 3 saturated heterocycles. The standard InChI is InChI=1S/C45H57ClF2N12O3/c1-28(2)60-36-21-29(20-34(48)42(36)54-43(60)45(3,4)63)41-33(46)24-49-44(55-41)53-35-12-15-59(26-37(35)61)40(62)11-7-13-56-16-18-57(19-17-56)39-23-38(50-27-51-39)52-31-9-6-14-58(25-31)32-10-5-8-30(47)22-32/h5,8,10,20-24,27-28,31,35,37,61,63H,6-7,9,11-19,25-26H2,1-4H3,(H,49,53,55)(H,50,51,52)/t31-,35-,37-/m1/s1. The molecular weight excluding hydrogens is 830 g/mol. The van der Waals surface area contributed by atoms with Gasteiger partial charge in [-0.25, -0.2) is 33.7 Å². The maximum atomic E-state index is 15.6. The Bertz CT molecular complexity index is 2410. The third-order valence-electron chi connectivity index (χ3n) is 12.2. The number of halogens is 3. The summed E-state index contributed by atoms with van der Waals surface area (Å²) in [5.74, 6) is 1.45. The molecule has 6 heterocycles. The lowest BCUT2D eigenvalue weighted by molar-refractivity contribution is -0.134. The largest absolute Gasteiger partial charge is 0.389 e. The molecule has 0 unspecified atom stereocenters. The number of likely N-dealkylation sites (tertiary alicyclic amines) is 1. The molecule has 3 aliphatic rings. The summed E-state index contributed by atoms with van der Waals surface area (Å²) >= 11 is 6.56. The van der Waals surface area contributed by atoms with E-state index >= 15 is 4.39 Å². The number of aromatic nitrogens is 6. The summed E-state index contributed by atoms with van der Waals surface area (Å²) in [5.41, 5.74) is 0.979. The number of carbonyl (C=O) groups excluding carboxylic acids is 1. The van der Waals surface area contributed by atoms with E-state index in [-0.39, 0.29) is 46.8 Å². The molecule has 0 radical (unpaired) electrons. The molecule has 3 aliphatic heterocycles. The van der Waals surface area contributed by atoms with Crippen molar-refractivity contribution in [3.8, 4) is 11.3 Å². The van der Waals surface area contributed by atoms with Crippen LogP contribution in [0.15, 0.2) is 55.0 Å². The van der Waals surface area contributed by atoms with E-state index in [2.05, 4.69) is 50.3 Å². The average molecular weight is 887 g/mol. The van der Waals surface area contributed by atoms with E-state index < -0.39 is 23.6 Å². The molecule has 0 bridgehead atoms. The highest BCUT2D eigenvalue weighted by Crippen LogP contribution is 2.35. The molecule has 3 fully saturated rings. The summed E-state index contributed by atoms with van der Waals surface area (Å²) in [4.78, 5) is 44.3. The number of amides is 1. The predicted octanol–water partition coefficient (Wildman–Crippen LogP) is 6.08. The minimum Gasteiger partial charge on any atom is -0.389 e. The number of nitrogens with one attached hydrogen (secondary N) is 2. The third kappa shape index (κ3) is 10.3. The average Bonchev–Trinajstić information content (AvgIpc) is 3.67. The van der Waals surface area contributed by atoms with Crippen molar-refractivity contribution < 1.29 is 23.8 Å². The first kappa shape index (κ1) is 44.4. The van der Waals surface area contributed by atoms with Crippen molar-refractivity contribution >= 4 is 51.8 Å². The van der Waals surface area contributed by atoms with Crippen molar-refractivity contribution in [2.45, 2.75) is 89.6 Å². The molecule has 336 valence electrons. The first-order valence-electron chi connectivity index (χ1n) is 22.0. The lowest BCUT2D eigenvalue weighted by Crippen LogP contribution is -2.52. The maximum Gasteiger partial charge on any atom is 0.223 e. The summed E-state index contributed by atoms with van der Waals surface area (Å²) < 4.78 is 31.2. The van der Waals surface area contributed by atoms with Crippen LogP contribution in [0.25, 0.3) is 22.3 Å². The maximum absolute atomic E-state index is 15.6. The monoisotopic (exact) mass is 886 g/mol. The van der Waals surface area contributed by atoms with Crippen LogP contribution in [0.1, 0.15) is 71.7 Å².